The molecule has 0 spiro atoms. The first-order valence-corrected chi connectivity index (χ1v) is 23.1. The lowest BCUT2D eigenvalue weighted by atomic mass is 10.0. The highest BCUT2D eigenvalue weighted by molar-refractivity contribution is 6.74. The van der Waals surface area contributed by atoms with E-state index < -0.39 is 16.6 Å². The normalized spacial score (nSPS) is 12.8. The predicted molar refractivity (Wildman–Crippen MR) is 209 cm³/mol. The number of benzene rings is 2. The molecule has 0 aliphatic carbocycles. The van der Waals surface area contributed by atoms with E-state index in [4.69, 9.17) is 13.8 Å². The van der Waals surface area contributed by atoms with Gasteiger partial charge in [0.1, 0.15) is 12.0 Å². The first kappa shape index (κ1) is 37.2. The fourth-order valence-corrected chi connectivity index (χ4v) is 7.17. The van der Waals surface area contributed by atoms with Crippen LogP contribution in [0.1, 0.15) is 74.6 Å². The van der Waals surface area contributed by atoms with Gasteiger partial charge in [-0.25, -0.2) is 15.0 Å². The van der Waals surface area contributed by atoms with Crippen LogP contribution in [0.4, 0.5) is 5.69 Å². The summed E-state index contributed by atoms with van der Waals surface area (Å²) in [6.07, 6.45) is 8.41. The molecule has 0 amide bonds. The number of carbonyl (C=O) groups excluding carboxylic acids is 1. The number of nitrogens with zero attached hydrogens (tertiary/aromatic N) is 5. The quantitative estimate of drug-likeness (QED) is 0.0729. The molecular formula is C40H51N5O3Si2. The van der Waals surface area contributed by atoms with Crippen molar-refractivity contribution < 1.29 is 13.6 Å². The first-order valence-electron chi connectivity index (χ1n) is 17.3. The Morgan fingerprint density at radius 2 is 1.30 bits per heavy atom. The molecule has 3 heterocycles. The van der Waals surface area contributed by atoms with E-state index in [0.717, 1.165) is 16.8 Å². The highest BCUT2D eigenvalue weighted by atomic mass is 28.4. The maximum atomic E-state index is 14.4. The highest BCUT2D eigenvalue weighted by Crippen LogP contribution is 2.39. The van der Waals surface area contributed by atoms with Crippen molar-refractivity contribution in [2.45, 2.75) is 83.8 Å². The van der Waals surface area contributed by atoms with Gasteiger partial charge in [-0.05, 0) is 42.3 Å². The van der Waals surface area contributed by atoms with Crippen LogP contribution in [-0.2, 0) is 8.85 Å². The second-order valence-electron chi connectivity index (χ2n) is 16.0. The van der Waals surface area contributed by atoms with Gasteiger partial charge in [0, 0.05) is 40.7 Å². The van der Waals surface area contributed by atoms with Crippen LogP contribution in [0.25, 0.3) is 11.0 Å². The molecule has 0 unspecified atom stereocenters. The summed E-state index contributed by atoms with van der Waals surface area (Å²) in [4.78, 5) is 32.8. The molecule has 5 aromatic rings. The molecule has 2 aromatic carbocycles. The van der Waals surface area contributed by atoms with E-state index in [-0.39, 0.29) is 21.9 Å². The van der Waals surface area contributed by atoms with Gasteiger partial charge in [0.2, 0.25) is 0 Å². The molecule has 0 aliphatic rings. The van der Waals surface area contributed by atoms with Crippen molar-refractivity contribution >= 4 is 44.9 Å². The molecule has 50 heavy (non-hydrogen) atoms. The van der Waals surface area contributed by atoms with E-state index in [1.165, 1.54) is 6.33 Å². The molecule has 0 N–H and O–H groups in total. The topological polar surface area (TPSA) is 91.5 Å². The summed E-state index contributed by atoms with van der Waals surface area (Å²) in [5.74, 6) is -0.177. The van der Waals surface area contributed by atoms with Gasteiger partial charge in [-0.3, -0.25) is 9.78 Å². The van der Waals surface area contributed by atoms with E-state index in [2.05, 4.69) is 87.2 Å². The molecule has 0 saturated heterocycles. The standard InChI is InChI=1S/C40H51N5O3Si2/c1-39(2,3)49(7,8)47-26-33(27-48-50(9,10)40(4,5)6)45-25-35(34-24-42-28-43-38(34)45)37(46)31-21-32(23-41-22-31)44-36(29-17-13-11-14-18-29)30-19-15-12-16-20-30/h11-25,28,33H,26-27H2,1-10H3. The number of carbonyl (C=O) groups is 1. The number of hydrogen-bond acceptors (Lipinski definition) is 7. The van der Waals surface area contributed by atoms with Crippen LogP contribution in [0.5, 0.6) is 0 Å². The zero-order valence-corrected chi connectivity index (χ0v) is 33.2. The van der Waals surface area contributed by atoms with E-state index >= 15 is 0 Å². The van der Waals surface area contributed by atoms with Gasteiger partial charge in [0.15, 0.2) is 22.4 Å². The minimum Gasteiger partial charge on any atom is -0.415 e. The molecule has 0 atom stereocenters. The monoisotopic (exact) mass is 705 g/mol. The van der Waals surface area contributed by atoms with Crippen molar-refractivity contribution in [2.75, 3.05) is 13.2 Å². The number of aliphatic imine (C=N–C) groups is 1. The second-order valence-corrected chi connectivity index (χ2v) is 25.6. The smallest absolute Gasteiger partial charge is 0.196 e. The minimum atomic E-state index is -2.09. The third kappa shape index (κ3) is 8.26. The first-order chi connectivity index (χ1) is 23.5. The van der Waals surface area contributed by atoms with E-state index in [9.17, 15) is 4.79 Å². The van der Waals surface area contributed by atoms with Gasteiger partial charge < -0.3 is 13.4 Å². The van der Waals surface area contributed by atoms with Crippen LogP contribution in [0, 0.1) is 0 Å². The zero-order chi connectivity index (χ0) is 36.3. The Labute approximate surface area is 299 Å². The predicted octanol–water partition coefficient (Wildman–Crippen LogP) is 9.81. The SMILES string of the molecule is CC(C)(C)[Si](C)(C)OCC(CO[Si](C)(C)C(C)(C)C)n1cc(C(=O)c2cncc(N=C(c3ccccc3)c3ccccc3)c2)c2cncnc21. The summed E-state index contributed by atoms with van der Waals surface area (Å²) in [7, 11) is -4.19. The lowest BCUT2D eigenvalue weighted by Gasteiger charge is -2.39. The summed E-state index contributed by atoms with van der Waals surface area (Å²) in [5.41, 5.74) is 4.93. The van der Waals surface area contributed by atoms with E-state index in [0.29, 0.717) is 41.1 Å². The van der Waals surface area contributed by atoms with Crippen molar-refractivity contribution in [3.8, 4) is 0 Å². The van der Waals surface area contributed by atoms with Gasteiger partial charge in [0.25, 0.3) is 0 Å². The molecule has 3 aromatic heterocycles. The molecule has 0 aliphatic heterocycles. The summed E-state index contributed by atoms with van der Waals surface area (Å²) in [6, 6.07) is 21.7. The Balaban J connectivity index is 1.54. The summed E-state index contributed by atoms with van der Waals surface area (Å²) in [5, 5.41) is 0.757. The third-order valence-electron chi connectivity index (χ3n) is 10.3. The summed E-state index contributed by atoms with van der Waals surface area (Å²) < 4.78 is 15.6. The third-order valence-corrected chi connectivity index (χ3v) is 19.3. The van der Waals surface area contributed by atoms with E-state index in [1.807, 2.05) is 66.9 Å². The lowest BCUT2D eigenvalue weighted by Crippen LogP contribution is -2.44. The van der Waals surface area contributed by atoms with Crippen LogP contribution < -0.4 is 0 Å². The van der Waals surface area contributed by atoms with Gasteiger partial charge >= 0.3 is 0 Å². The second kappa shape index (κ2) is 14.6. The van der Waals surface area contributed by atoms with Crippen molar-refractivity contribution in [2.24, 2.45) is 4.99 Å². The number of aromatic nitrogens is 4. The molecule has 0 radical (unpaired) electrons. The van der Waals surface area contributed by atoms with Crippen molar-refractivity contribution in [1.82, 2.24) is 19.5 Å². The zero-order valence-electron chi connectivity index (χ0n) is 31.2. The van der Waals surface area contributed by atoms with Crippen LogP contribution >= 0.6 is 0 Å². The van der Waals surface area contributed by atoms with Crippen molar-refractivity contribution in [1.29, 1.82) is 0 Å². The van der Waals surface area contributed by atoms with Gasteiger partial charge in [0.05, 0.1) is 42.4 Å². The molecule has 0 bridgehead atoms. The molecule has 5 rings (SSSR count). The molecule has 10 heteroatoms. The van der Waals surface area contributed by atoms with Crippen LogP contribution in [-0.4, -0.2) is 60.9 Å². The van der Waals surface area contributed by atoms with Gasteiger partial charge in [-0.1, -0.05) is 102 Å². The number of rotatable bonds is 12. The number of pyridine rings is 1. The van der Waals surface area contributed by atoms with Gasteiger partial charge in [-0.15, -0.1) is 0 Å². The number of ketones is 1. The molecule has 0 saturated carbocycles. The maximum absolute atomic E-state index is 14.4. The lowest BCUT2D eigenvalue weighted by molar-refractivity contribution is 0.103. The fourth-order valence-electron chi connectivity index (χ4n) is 5.08. The largest absolute Gasteiger partial charge is 0.415 e. The molecule has 0 fully saturated rings. The summed E-state index contributed by atoms with van der Waals surface area (Å²) in [6.45, 7) is 23.4. The van der Waals surface area contributed by atoms with Crippen LogP contribution in [0.3, 0.4) is 0 Å². The average Bonchev–Trinajstić information content (AvgIpc) is 3.46. The number of fused-ring (bicyclic) bond motifs is 1. The van der Waals surface area contributed by atoms with E-state index in [1.54, 1.807) is 24.7 Å². The van der Waals surface area contributed by atoms with Crippen LogP contribution in [0.15, 0.2) is 103 Å². The summed E-state index contributed by atoms with van der Waals surface area (Å²) >= 11 is 0. The Hall–Kier alpha value is -4.10. The van der Waals surface area contributed by atoms with Gasteiger partial charge in [-0.2, -0.15) is 0 Å². The average molecular weight is 706 g/mol. The number of hydrogen-bond donors (Lipinski definition) is 0. The Bertz CT molecular complexity index is 1890. The Morgan fingerprint density at radius 3 is 1.82 bits per heavy atom. The molecule has 8 nitrogen and oxygen atoms in total. The van der Waals surface area contributed by atoms with Crippen molar-refractivity contribution in [3.63, 3.8) is 0 Å². The minimum absolute atomic E-state index is 0.0429. The molecular weight excluding hydrogens is 655 g/mol. The maximum Gasteiger partial charge on any atom is 0.196 e. The fraction of sp³-hybridized carbons (Fsp3) is 0.375. The van der Waals surface area contributed by atoms with Crippen molar-refractivity contribution in [3.05, 3.63) is 120 Å². The Morgan fingerprint density at radius 1 is 0.760 bits per heavy atom. The van der Waals surface area contributed by atoms with Crippen LogP contribution in [0.2, 0.25) is 36.3 Å². The Kier molecular flexibility index (Phi) is 10.9. The molecule has 262 valence electrons. The highest BCUT2D eigenvalue weighted by Gasteiger charge is 2.40.